The Labute approximate surface area is 88.6 Å². The number of hydrogen-bond acceptors (Lipinski definition) is 3. The number of carboxylic acid groups (broad SMARTS) is 1. The van der Waals surface area contributed by atoms with Gasteiger partial charge in [0.05, 0.1) is 6.20 Å². The summed E-state index contributed by atoms with van der Waals surface area (Å²) < 4.78 is 13.9. The second-order valence-corrected chi connectivity index (χ2v) is 3.77. The Hall–Kier alpha value is -1.92. The predicted octanol–water partition coefficient (Wildman–Crippen LogP) is 0.0852. The fourth-order valence-electron chi connectivity index (χ4n) is 1.43. The van der Waals surface area contributed by atoms with E-state index in [9.17, 15) is 18.8 Å². The molecule has 2 rings (SSSR count). The van der Waals surface area contributed by atoms with Crippen LogP contribution in [0.25, 0.3) is 0 Å². The first-order valence-corrected chi connectivity index (χ1v) is 4.76. The molecular weight excluding hydrogens is 219 g/mol. The first-order valence-electron chi connectivity index (χ1n) is 4.76. The molecule has 0 unspecified atom stereocenters. The van der Waals surface area contributed by atoms with Crippen molar-refractivity contribution in [3.05, 3.63) is 32.9 Å². The average Bonchev–Trinajstić information content (AvgIpc) is 3.01. The quantitative estimate of drug-likeness (QED) is 0.777. The van der Waals surface area contributed by atoms with Crippen molar-refractivity contribution in [3.63, 3.8) is 0 Å². The summed E-state index contributed by atoms with van der Waals surface area (Å²) in [6.45, 7) is 0.0860. The van der Waals surface area contributed by atoms with Crippen LogP contribution >= 0.6 is 0 Å². The van der Waals surface area contributed by atoms with Gasteiger partial charge in [-0.15, -0.1) is 0 Å². The van der Waals surface area contributed by atoms with Crippen LogP contribution in [0.4, 0.5) is 9.18 Å². The zero-order chi connectivity index (χ0) is 11.9. The lowest BCUT2D eigenvalue weighted by atomic mass is 10.4. The van der Waals surface area contributed by atoms with Gasteiger partial charge < -0.3 is 5.11 Å². The lowest BCUT2D eigenvalue weighted by Gasteiger charge is -2.06. The minimum atomic E-state index is -1.60. The van der Waals surface area contributed by atoms with Crippen LogP contribution < -0.4 is 11.2 Å². The van der Waals surface area contributed by atoms with E-state index < -0.39 is 23.2 Å². The van der Waals surface area contributed by atoms with Gasteiger partial charge in [0.2, 0.25) is 5.82 Å². The maximum absolute atomic E-state index is 13.1. The summed E-state index contributed by atoms with van der Waals surface area (Å²) in [5.74, 6) is -1.06. The fourth-order valence-corrected chi connectivity index (χ4v) is 1.43. The van der Waals surface area contributed by atoms with Crippen molar-refractivity contribution in [2.45, 2.75) is 19.4 Å². The van der Waals surface area contributed by atoms with Gasteiger partial charge in [-0.2, -0.15) is 4.39 Å². The van der Waals surface area contributed by atoms with E-state index in [1.165, 1.54) is 0 Å². The number of halogens is 1. The van der Waals surface area contributed by atoms with E-state index in [-0.39, 0.29) is 17.0 Å². The van der Waals surface area contributed by atoms with E-state index in [2.05, 4.69) is 0 Å². The van der Waals surface area contributed by atoms with Crippen LogP contribution in [0.5, 0.6) is 0 Å². The van der Waals surface area contributed by atoms with Gasteiger partial charge in [-0.3, -0.25) is 9.36 Å². The van der Waals surface area contributed by atoms with Crippen LogP contribution in [0.1, 0.15) is 12.8 Å². The highest BCUT2D eigenvalue weighted by Crippen LogP contribution is 2.29. The van der Waals surface area contributed by atoms with Crippen molar-refractivity contribution in [3.8, 4) is 0 Å². The highest BCUT2D eigenvalue weighted by molar-refractivity contribution is 5.67. The van der Waals surface area contributed by atoms with Gasteiger partial charge >= 0.3 is 11.8 Å². The molecule has 6 nitrogen and oxygen atoms in total. The van der Waals surface area contributed by atoms with Crippen molar-refractivity contribution in [2.75, 3.05) is 0 Å². The zero-order valence-corrected chi connectivity index (χ0v) is 8.22. The minimum absolute atomic E-state index is 0.0860. The number of hydrogen-bond donors (Lipinski definition) is 1. The molecule has 0 amide bonds. The third-order valence-electron chi connectivity index (χ3n) is 2.47. The summed E-state index contributed by atoms with van der Waals surface area (Å²) >= 11 is 0. The second-order valence-electron chi connectivity index (χ2n) is 3.77. The van der Waals surface area contributed by atoms with E-state index in [0.717, 1.165) is 12.8 Å². The Balaban J connectivity index is 2.60. The van der Waals surface area contributed by atoms with E-state index in [0.29, 0.717) is 10.8 Å². The molecule has 0 saturated heterocycles. The molecular formula is C9H9FN2O4. The fraction of sp³-hybridized carbons (Fsp3) is 0.444. The van der Waals surface area contributed by atoms with Gasteiger partial charge in [0.15, 0.2) is 0 Å². The topological polar surface area (TPSA) is 81.3 Å². The average molecular weight is 228 g/mol. The summed E-state index contributed by atoms with van der Waals surface area (Å²) in [5.41, 5.74) is -2.07. The summed E-state index contributed by atoms with van der Waals surface area (Å²) in [7, 11) is 0. The molecule has 1 aromatic heterocycles. The Bertz CT molecular complexity index is 556. The summed E-state index contributed by atoms with van der Waals surface area (Å²) in [5, 5.41) is 8.64. The molecule has 1 heterocycles. The SMILES string of the molecule is O=C(O)n1cc(F)c(=O)n(CC2CC2)c1=O. The second kappa shape index (κ2) is 3.58. The first-order chi connectivity index (χ1) is 7.50. The molecule has 16 heavy (non-hydrogen) atoms. The van der Waals surface area contributed by atoms with E-state index in [1.807, 2.05) is 0 Å². The molecule has 7 heteroatoms. The van der Waals surface area contributed by atoms with Gasteiger partial charge in [0.1, 0.15) is 0 Å². The maximum atomic E-state index is 13.1. The highest BCUT2D eigenvalue weighted by atomic mass is 19.1. The van der Waals surface area contributed by atoms with E-state index >= 15 is 0 Å². The Kier molecular flexibility index (Phi) is 2.37. The predicted molar refractivity (Wildman–Crippen MR) is 51.1 cm³/mol. The van der Waals surface area contributed by atoms with Crippen LogP contribution in [0.15, 0.2) is 15.8 Å². The van der Waals surface area contributed by atoms with Gasteiger partial charge in [-0.25, -0.2) is 14.2 Å². The summed E-state index contributed by atoms with van der Waals surface area (Å²) in [6, 6.07) is 0. The molecule has 0 radical (unpaired) electrons. The molecule has 0 aliphatic heterocycles. The molecule has 86 valence electrons. The molecule has 0 aromatic carbocycles. The Morgan fingerprint density at radius 2 is 2.12 bits per heavy atom. The van der Waals surface area contributed by atoms with Crippen LogP contribution in [0, 0.1) is 11.7 Å². The zero-order valence-electron chi connectivity index (χ0n) is 8.22. The third kappa shape index (κ3) is 1.75. The lowest BCUT2D eigenvalue weighted by Crippen LogP contribution is -2.43. The lowest BCUT2D eigenvalue weighted by molar-refractivity contribution is 0.193. The summed E-state index contributed by atoms with van der Waals surface area (Å²) in [4.78, 5) is 33.5. The standard InChI is InChI=1S/C9H9FN2O4/c10-6-4-12(9(15)16)8(14)11(7(6)13)3-5-1-2-5/h4-5H,1-3H2,(H,15,16). The molecule has 1 saturated carbocycles. The van der Waals surface area contributed by atoms with Gasteiger partial charge in [0, 0.05) is 6.54 Å². The van der Waals surface area contributed by atoms with Crippen molar-refractivity contribution >= 4 is 6.09 Å². The summed E-state index contributed by atoms with van der Waals surface area (Å²) in [6.07, 6.45) is 0.537. The number of aromatic nitrogens is 2. The monoisotopic (exact) mass is 228 g/mol. The van der Waals surface area contributed by atoms with Gasteiger partial charge in [0.25, 0.3) is 5.56 Å². The molecule has 1 aliphatic carbocycles. The van der Waals surface area contributed by atoms with Crippen molar-refractivity contribution < 1.29 is 14.3 Å². The van der Waals surface area contributed by atoms with Gasteiger partial charge in [-0.05, 0) is 18.8 Å². The van der Waals surface area contributed by atoms with Crippen molar-refractivity contribution in [1.82, 2.24) is 9.13 Å². The number of nitrogens with zero attached hydrogens (tertiary/aromatic N) is 2. The van der Waals surface area contributed by atoms with E-state index in [1.54, 1.807) is 0 Å². The number of carbonyl (C=O) groups is 1. The van der Waals surface area contributed by atoms with Crippen LogP contribution in [-0.4, -0.2) is 20.3 Å². The smallest absolute Gasteiger partial charge is 0.419 e. The third-order valence-corrected chi connectivity index (χ3v) is 2.47. The van der Waals surface area contributed by atoms with Crippen molar-refractivity contribution in [1.29, 1.82) is 0 Å². The van der Waals surface area contributed by atoms with Gasteiger partial charge in [-0.1, -0.05) is 0 Å². The molecule has 1 fully saturated rings. The van der Waals surface area contributed by atoms with Crippen LogP contribution in [0.3, 0.4) is 0 Å². The van der Waals surface area contributed by atoms with E-state index in [4.69, 9.17) is 5.11 Å². The normalized spacial score (nSPS) is 15.1. The first kappa shape index (κ1) is 10.6. The maximum Gasteiger partial charge on any atom is 0.419 e. The molecule has 0 atom stereocenters. The largest absolute Gasteiger partial charge is 0.464 e. The molecule has 0 spiro atoms. The Morgan fingerprint density at radius 1 is 1.50 bits per heavy atom. The molecule has 1 N–H and O–H groups in total. The molecule has 0 bridgehead atoms. The minimum Gasteiger partial charge on any atom is -0.464 e. The Morgan fingerprint density at radius 3 is 2.62 bits per heavy atom. The molecule has 1 aliphatic rings. The number of rotatable bonds is 2. The van der Waals surface area contributed by atoms with Crippen LogP contribution in [-0.2, 0) is 6.54 Å². The highest BCUT2D eigenvalue weighted by Gasteiger charge is 2.25. The van der Waals surface area contributed by atoms with Crippen molar-refractivity contribution in [2.24, 2.45) is 5.92 Å². The molecule has 1 aromatic rings. The van der Waals surface area contributed by atoms with Crippen LogP contribution in [0.2, 0.25) is 0 Å².